The minimum atomic E-state index is -0.520. The summed E-state index contributed by atoms with van der Waals surface area (Å²) in [4.78, 5) is 143. The van der Waals surface area contributed by atoms with Gasteiger partial charge in [-0.05, 0) is 205 Å². The second kappa shape index (κ2) is 64.4. The molecule has 98 heavy (non-hydrogen) atoms. The van der Waals surface area contributed by atoms with Gasteiger partial charge < -0.3 is 66.6 Å². The Morgan fingerprint density at radius 3 is 0.684 bits per heavy atom. The number of carbonyl (C=O) groups excluding carboxylic acids is 12. The molecular formula is C72H117NO25. The van der Waals surface area contributed by atoms with Crippen LogP contribution in [0.2, 0.25) is 0 Å². The van der Waals surface area contributed by atoms with Crippen LogP contribution in [0.1, 0.15) is 276 Å². The Hall–Kier alpha value is -7.28. The van der Waals surface area contributed by atoms with Gasteiger partial charge in [-0.2, -0.15) is 0 Å². The fourth-order valence-corrected chi connectivity index (χ4v) is 9.13. The zero-order chi connectivity index (χ0) is 71.6. The van der Waals surface area contributed by atoms with Crippen LogP contribution in [0.25, 0.3) is 0 Å². The molecular weight excluding hydrogens is 1280 g/mol. The second-order valence-corrected chi connectivity index (χ2v) is 24.2. The maximum atomic E-state index is 12.1. The molecule has 1 aromatic rings. The molecule has 0 saturated heterocycles. The van der Waals surface area contributed by atoms with Crippen LogP contribution in [-0.2, 0) is 116 Å². The van der Waals surface area contributed by atoms with E-state index in [0.29, 0.717) is 186 Å². The van der Waals surface area contributed by atoms with E-state index in [1.165, 1.54) is 6.26 Å². The Morgan fingerprint density at radius 2 is 0.480 bits per heavy atom. The third-order valence-corrected chi connectivity index (χ3v) is 14.9. The molecule has 1 amide bonds. The molecule has 0 unspecified atom stereocenters. The van der Waals surface area contributed by atoms with Gasteiger partial charge in [0.2, 0.25) is 0 Å². The molecule has 560 valence electrons. The van der Waals surface area contributed by atoms with Crippen molar-refractivity contribution >= 4 is 71.8 Å². The summed E-state index contributed by atoms with van der Waals surface area (Å²) in [5, 5.41) is 2.59. The first-order chi connectivity index (χ1) is 47.5. The number of hydrogen-bond donors (Lipinski definition) is 1. The lowest BCUT2D eigenvalue weighted by Crippen LogP contribution is -2.23. The van der Waals surface area contributed by atoms with Crippen molar-refractivity contribution in [3.8, 4) is 0 Å². The van der Waals surface area contributed by atoms with E-state index in [9.17, 15) is 57.5 Å². The Morgan fingerprint density at radius 1 is 0.276 bits per heavy atom. The summed E-state index contributed by atoms with van der Waals surface area (Å²) >= 11 is 0. The Bertz CT molecular complexity index is 2300. The van der Waals surface area contributed by atoms with Crippen molar-refractivity contribution in [3.05, 3.63) is 24.2 Å². The molecule has 0 saturated carbocycles. The molecule has 0 aromatic carbocycles. The first-order valence-electron chi connectivity index (χ1n) is 36.2. The quantitative estimate of drug-likeness (QED) is 0.0359. The molecule has 26 nitrogen and oxygen atoms in total. The average molecular weight is 1400 g/mol. The third kappa shape index (κ3) is 61.1. The van der Waals surface area contributed by atoms with E-state index in [-0.39, 0.29) is 209 Å². The summed E-state index contributed by atoms with van der Waals surface area (Å²) in [6, 6.07) is 3.49. The van der Waals surface area contributed by atoms with Crippen LogP contribution < -0.4 is 5.32 Å². The van der Waals surface area contributed by atoms with Crippen molar-refractivity contribution in [1.82, 2.24) is 5.32 Å². The minimum absolute atomic E-state index is 0.0283. The molecule has 0 spiro atoms. The van der Waals surface area contributed by atoms with Crippen LogP contribution in [0.15, 0.2) is 22.8 Å². The van der Waals surface area contributed by atoms with Gasteiger partial charge in [0.1, 0.15) is 19.0 Å². The number of unbranched alkanes of at least 4 members (excludes halogenated alkanes) is 20. The number of carbonyl (C=O) groups is 12. The standard InChI is InChI=1S/C72H117NO25/c1-59(2)71(84)97-57-56-96-70(83)44-21-11-31-53-94-68(81)42-19-9-29-51-92-66(79)40-17-7-27-49-90-64(77)38-15-5-25-47-88-62(75)36-13-3-23-45-87-61(74)35-14-4-24-46-89-63(76)37-16-6-26-48-91-65(78)39-18-8-28-50-93-67(80)41-20-10-30-52-95-69(82)43-22-12-32-54-98-72(85)73-58-60-34-33-55-86-60/h33-34,55,59H,3-32,35-54,56-58H2,1-2H3,(H,73,85). The van der Waals surface area contributed by atoms with Crippen molar-refractivity contribution in [2.45, 2.75) is 277 Å². The Labute approximate surface area is 580 Å². The molecule has 1 aromatic heterocycles. The second-order valence-electron chi connectivity index (χ2n) is 24.2. The number of hydrogen-bond acceptors (Lipinski definition) is 25. The third-order valence-electron chi connectivity index (χ3n) is 14.9. The Balaban J connectivity index is 1.80. The summed E-state index contributed by atoms with van der Waals surface area (Å²) in [5.41, 5.74) is 0. The molecule has 0 bridgehead atoms. The first-order valence-corrected chi connectivity index (χ1v) is 36.2. The van der Waals surface area contributed by atoms with Crippen molar-refractivity contribution in [3.63, 3.8) is 0 Å². The Kier molecular flexibility index (Phi) is 58.3. The summed E-state index contributed by atoms with van der Waals surface area (Å²) in [7, 11) is 0. The monoisotopic (exact) mass is 1400 g/mol. The van der Waals surface area contributed by atoms with Gasteiger partial charge >= 0.3 is 71.8 Å². The highest BCUT2D eigenvalue weighted by Gasteiger charge is 2.14. The molecule has 0 aliphatic rings. The van der Waals surface area contributed by atoms with Gasteiger partial charge in [0, 0.05) is 64.2 Å². The fraction of sp³-hybridized carbons (Fsp3) is 0.778. The number of amides is 1. The zero-order valence-corrected chi connectivity index (χ0v) is 59.0. The van der Waals surface area contributed by atoms with Crippen LogP contribution in [0.3, 0.4) is 0 Å². The highest BCUT2D eigenvalue weighted by Crippen LogP contribution is 2.13. The maximum Gasteiger partial charge on any atom is 0.407 e. The predicted octanol–water partition coefficient (Wildman–Crippen LogP) is 12.7. The van der Waals surface area contributed by atoms with Gasteiger partial charge in [-0.15, -0.1) is 0 Å². The molecule has 0 atom stereocenters. The van der Waals surface area contributed by atoms with E-state index in [2.05, 4.69) is 5.32 Å². The molecule has 0 aliphatic heterocycles. The molecule has 26 heteroatoms. The highest BCUT2D eigenvalue weighted by molar-refractivity contribution is 5.73. The molecule has 0 radical (unpaired) electrons. The van der Waals surface area contributed by atoms with Crippen LogP contribution >= 0.6 is 0 Å². The van der Waals surface area contributed by atoms with Gasteiger partial charge in [0.05, 0.1) is 84.8 Å². The summed E-state index contributed by atoms with van der Waals surface area (Å²) in [6.45, 7) is 6.57. The average Bonchev–Trinajstić information content (AvgIpc) is 3.89. The number of rotatable bonds is 66. The normalized spacial score (nSPS) is 10.8. The molecule has 0 aliphatic carbocycles. The summed E-state index contributed by atoms with van der Waals surface area (Å²) in [5.74, 6) is -2.85. The minimum Gasteiger partial charge on any atom is -0.467 e. The van der Waals surface area contributed by atoms with Crippen molar-refractivity contribution < 1.29 is 119 Å². The van der Waals surface area contributed by atoms with E-state index < -0.39 is 6.09 Å². The van der Waals surface area contributed by atoms with Gasteiger partial charge in [-0.3, -0.25) is 52.7 Å². The molecule has 1 N–H and O–H groups in total. The topological polar surface area (TPSA) is 341 Å². The lowest BCUT2D eigenvalue weighted by molar-refractivity contribution is -0.154. The first kappa shape index (κ1) is 88.7. The summed E-state index contributed by atoms with van der Waals surface area (Å²) < 4.78 is 67.8. The van der Waals surface area contributed by atoms with Crippen LogP contribution in [0.5, 0.6) is 0 Å². The lowest BCUT2D eigenvalue weighted by Gasteiger charge is -2.08. The number of nitrogens with one attached hydrogen (secondary N) is 1. The van der Waals surface area contributed by atoms with E-state index in [1.54, 1.807) is 26.0 Å². The van der Waals surface area contributed by atoms with E-state index >= 15 is 0 Å². The van der Waals surface area contributed by atoms with Gasteiger partial charge in [0.25, 0.3) is 0 Å². The number of esters is 11. The van der Waals surface area contributed by atoms with Gasteiger partial charge in [0.15, 0.2) is 0 Å². The van der Waals surface area contributed by atoms with Gasteiger partial charge in [-0.25, -0.2) is 4.79 Å². The number of ether oxygens (including phenoxy) is 12. The van der Waals surface area contributed by atoms with Crippen molar-refractivity contribution in [2.24, 2.45) is 5.92 Å². The smallest absolute Gasteiger partial charge is 0.407 e. The largest absolute Gasteiger partial charge is 0.467 e. The van der Waals surface area contributed by atoms with E-state index in [0.717, 1.165) is 25.7 Å². The van der Waals surface area contributed by atoms with Crippen molar-refractivity contribution in [2.75, 3.05) is 79.3 Å². The predicted molar refractivity (Wildman–Crippen MR) is 357 cm³/mol. The van der Waals surface area contributed by atoms with Crippen LogP contribution in [0.4, 0.5) is 4.79 Å². The number of alkyl carbamates (subject to hydrolysis) is 1. The maximum absolute atomic E-state index is 12.1. The fourth-order valence-electron chi connectivity index (χ4n) is 9.13. The highest BCUT2D eigenvalue weighted by atomic mass is 16.6. The van der Waals surface area contributed by atoms with Crippen LogP contribution in [0, 0.1) is 5.92 Å². The lowest BCUT2D eigenvalue weighted by atomic mass is 10.2. The molecule has 1 rings (SSSR count). The SMILES string of the molecule is CC(C)C(=O)OCCOC(=O)CCCCCOC(=O)CCCCCOC(=O)CCCCCOC(=O)CCCCCOC(=O)CCCCCOC(=O)CCCCCOC(=O)CCCCCOC(=O)CCCCCOC(=O)CCCCCOC(=O)CCCCCOC(=O)NCc1ccco1. The van der Waals surface area contributed by atoms with Crippen LogP contribution in [-0.4, -0.2) is 151 Å². The van der Waals surface area contributed by atoms with Gasteiger partial charge in [-0.1, -0.05) is 13.8 Å². The molecule has 1 heterocycles. The zero-order valence-electron chi connectivity index (χ0n) is 59.0. The van der Waals surface area contributed by atoms with Crippen molar-refractivity contribution in [1.29, 1.82) is 0 Å². The summed E-state index contributed by atoms with van der Waals surface area (Å²) in [6.07, 6.45) is 23.5. The molecule has 0 fully saturated rings. The van der Waals surface area contributed by atoms with E-state index in [4.69, 9.17) is 61.3 Å². The number of furan rings is 1. The van der Waals surface area contributed by atoms with E-state index in [1.807, 2.05) is 0 Å².